The highest BCUT2D eigenvalue weighted by molar-refractivity contribution is 8.02. The third-order valence-electron chi connectivity index (χ3n) is 8.42. The molecule has 2 saturated heterocycles. The van der Waals surface area contributed by atoms with Crippen LogP contribution in [0, 0.1) is 17.8 Å². The summed E-state index contributed by atoms with van der Waals surface area (Å²) in [5.74, 6) is -1.93. The van der Waals surface area contributed by atoms with Crippen molar-refractivity contribution in [1.82, 2.24) is 9.80 Å². The maximum atomic E-state index is 14.3. The minimum Gasteiger partial charge on any atom is -0.465 e. The van der Waals surface area contributed by atoms with E-state index in [0.29, 0.717) is 19.6 Å². The van der Waals surface area contributed by atoms with E-state index in [1.807, 2.05) is 43.1 Å². The lowest BCUT2D eigenvalue weighted by molar-refractivity contribution is -0.154. The molecule has 3 fully saturated rings. The molecule has 34 heavy (non-hydrogen) atoms. The molecule has 1 aliphatic carbocycles. The Balaban J connectivity index is 1.62. The van der Waals surface area contributed by atoms with Gasteiger partial charge in [-0.2, -0.15) is 0 Å². The monoisotopic (exact) mass is 488 g/mol. The summed E-state index contributed by atoms with van der Waals surface area (Å²) in [7, 11) is 0. The Morgan fingerprint density at radius 3 is 2.62 bits per heavy atom. The van der Waals surface area contributed by atoms with Crippen molar-refractivity contribution in [3.63, 3.8) is 0 Å². The van der Waals surface area contributed by atoms with E-state index in [0.717, 1.165) is 25.7 Å². The van der Waals surface area contributed by atoms with E-state index in [2.05, 4.69) is 0 Å². The summed E-state index contributed by atoms with van der Waals surface area (Å²) in [5.41, 5.74) is 0. The lowest BCUT2D eigenvalue weighted by Gasteiger charge is -2.42. The number of hydrogen-bond acceptors (Lipinski definition) is 6. The molecule has 0 aromatic carbocycles. The molecule has 0 bridgehead atoms. The second kappa shape index (κ2) is 9.34. The molecule has 1 saturated carbocycles. The highest BCUT2D eigenvalue weighted by Crippen LogP contribution is 2.61. The van der Waals surface area contributed by atoms with Gasteiger partial charge in [-0.3, -0.25) is 14.4 Å². The first kappa shape index (κ1) is 23.9. The topological polar surface area (TPSA) is 87.2 Å². The van der Waals surface area contributed by atoms with Crippen LogP contribution < -0.4 is 0 Å². The Kier molecular flexibility index (Phi) is 6.57. The molecule has 1 spiro atoms. The van der Waals surface area contributed by atoms with E-state index >= 15 is 0 Å². The van der Waals surface area contributed by atoms with E-state index in [4.69, 9.17) is 4.74 Å². The SMILES string of the molecule is CC(C)[C@H](CO)N1C(=O)[C@@H]2[C@@H]3C(=O)OCCC=C[C@@H]3S[C@@]23C=CCN(C2CCCCC2)C(=O)C13. The number of esters is 1. The average molecular weight is 489 g/mol. The lowest BCUT2D eigenvalue weighted by atomic mass is 9.78. The van der Waals surface area contributed by atoms with E-state index in [-0.39, 0.29) is 41.6 Å². The summed E-state index contributed by atoms with van der Waals surface area (Å²) in [4.78, 5) is 45.3. The minimum atomic E-state index is -0.844. The van der Waals surface area contributed by atoms with Crippen LogP contribution in [0.25, 0.3) is 0 Å². The highest BCUT2D eigenvalue weighted by Gasteiger charge is 2.72. The molecule has 6 atom stereocenters. The molecule has 0 radical (unpaired) electrons. The van der Waals surface area contributed by atoms with Crippen molar-refractivity contribution in [2.45, 2.75) is 80.5 Å². The van der Waals surface area contributed by atoms with E-state index in [1.54, 1.807) is 16.7 Å². The number of carbonyl (C=O) groups excluding carboxylic acids is 3. The first-order chi connectivity index (χ1) is 16.4. The number of amides is 2. The number of carbonyl (C=O) groups is 3. The quantitative estimate of drug-likeness (QED) is 0.483. The number of nitrogens with zero attached hydrogens (tertiary/aromatic N) is 2. The zero-order valence-corrected chi connectivity index (χ0v) is 20.9. The Bertz CT molecular complexity index is 898. The van der Waals surface area contributed by atoms with Gasteiger partial charge in [0.1, 0.15) is 6.04 Å². The maximum Gasteiger partial charge on any atom is 0.311 e. The predicted molar refractivity (Wildman–Crippen MR) is 130 cm³/mol. The van der Waals surface area contributed by atoms with Gasteiger partial charge in [-0.25, -0.2) is 0 Å². The minimum absolute atomic E-state index is 0.0297. The highest BCUT2D eigenvalue weighted by atomic mass is 32.2. The Labute approximate surface area is 205 Å². The number of ether oxygens (including phenoxy) is 1. The zero-order chi connectivity index (χ0) is 24.0. The van der Waals surface area contributed by atoms with Gasteiger partial charge in [0.05, 0.1) is 35.8 Å². The molecule has 7 nitrogen and oxygen atoms in total. The molecule has 2 amide bonds. The molecular formula is C26H36N2O5S. The number of aliphatic hydroxyl groups excluding tert-OH is 1. The molecule has 4 aliphatic heterocycles. The fraction of sp³-hybridized carbons (Fsp3) is 0.731. The number of aliphatic hydroxyl groups is 1. The summed E-state index contributed by atoms with van der Waals surface area (Å²) in [5, 5.41) is 10.1. The van der Waals surface area contributed by atoms with Crippen LogP contribution >= 0.6 is 11.8 Å². The Morgan fingerprint density at radius 1 is 1.15 bits per heavy atom. The van der Waals surface area contributed by atoms with Gasteiger partial charge in [-0.05, 0) is 25.2 Å². The molecule has 5 aliphatic rings. The van der Waals surface area contributed by atoms with Crippen molar-refractivity contribution in [2.24, 2.45) is 17.8 Å². The van der Waals surface area contributed by atoms with Crippen molar-refractivity contribution < 1.29 is 24.2 Å². The summed E-state index contributed by atoms with van der Waals surface area (Å²) < 4.78 is 4.69. The van der Waals surface area contributed by atoms with E-state index in [1.165, 1.54) is 6.42 Å². The molecule has 186 valence electrons. The van der Waals surface area contributed by atoms with Crippen LogP contribution in [-0.2, 0) is 19.1 Å². The number of thioether (sulfide) groups is 1. The molecular weight excluding hydrogens is 452 g/mol. The number of rotatable bonds is 4. The first-order valence-corrected chi connectivity index (χ1v) is 13.7. The Morgan fingerprint density at radius 2 is 1.91 bits per heavy atom. The second-order valence-corrected chi connectivity index (χ2v) is 12.1. The zero-order valence-electron chi connectivity index (χ0n) is 20.1. The average Bonchev–Trinajstić information content (AvgIpc) is 3.19. The van der Waals surface area contributed by atoms with Gasteiger partial charge in [0.25, 0.3) is 0 Å². The van der Waals surface area contributed by atoms with Crippen molar-refractivity contribution >= 4 is 29.5 Å². The second-order valence-electron chi connectivity index (χ2n) is 10.7. The van der Waals surface area contributed by atoms with Crippen LogP contribution in [-0.4, -0.2) is 80.6 Å². The summed E-state index contributed by atoms with van der Waals surface area (Å²) in [6.07, 6.45) is 14.2. The fourth-order valence-electron chi connectivity index (χ4n) is 6.76. The number of hydrogen-bond donors (Lipinski definition) is 1. The van der Waals surface area contributed by atoms with Crippen LogP contribution in [0.1, 0.15) is 52.4 Å². The molecule has 1 N–H and O–H groups in total. The fourth-order valence-corrected chi connectivity index (χ4v) is 8.75. The standard InChI is InChI=1S/C26H36N2O5S/c1-16(2)18(15-29)28-22-24(31)27(17-9-4-3-5-10-17)13-8-12-26(22)21(23(28)30)20-19(34-26)11-6-7-14-33-25(20)32/h6,8,11-12,16-22,29H,3-5,7,9-10,13-15H2,1-2H3/t18-,19-,20+,21-,22?,26-/m0/s1. The number of likely N-dealkylation sites (tertiary alicyclic amines) is 1. The first-order valence-electron chi connectivity index (χ1n) is 12.8. The van der Waals surface area contributed by atoms with Gasteiger partial charge in [0.15, 0.2) is 0 Å². The molecule has 0 aromatic heterocycles. The smallest absolute Gasteiger partial charge is 0.311 e. The Hall–Kier alpha value is -1.80. The van der Waals surface area contributed by atoms with Crippen LogP contribution in [0.3, 0.4) is 0 Å². The van der Waals surface area contributed by atoms with Crippen LogP contribution in [0.4, 0.5) is 0 Å². The molecule has 8 heteroatoms. The largest absolute Gasteiger partial charge is 0.465 e. The van der Waals surface area contributed by atoms with Crippen molar-refractivity contribution in [3.8, 4) is 0 Å². The van der Waals surface area contributed by atoms with Crippen LogP contribution in [0.5, 0.6) is 0 Å². The summed E-state index contributed by atoms with van der Waals surface area (Å²) >= 11 is 1.57. The third kappa shape index (κ3) is 3.63. The molecule has 1 unspecified atom stereocenters. The van der Waals surface area contributed by atoms with Crippen LogP contribution in [0.2, 0.25) is 0 Å². The van der Waals surface area contributed by atoms with Crippen molar-refractivity contribution in [3.05, 3.63) is 24.3 Å². The van der Waals surface area contributed by atoms with Crippen LogP contribution in [0.15, 0.2) is 24.3 Å². The van der Waals surface area contributed by atoms with Gasteiger partial charge in [-0.15, -0.1) is 11.8 Å². The number of fused-ring (bicyclic) bond motifs is 2. The summed E-state index contributed by atoms with van der Waals surface area (Å²) in [6.45, 7) is 4.55. The molecule has 0 aromatic rings. The number of cyclic esters (lactones) is 1. The van der Waals surface area contributed by atoms with Gasteiger partial charge in [-0.1, -0.05) is 57.4 Å². The van der Waals surface area contributed by atoms with E-state index in [9.17, 15) is 19.5 Å². The van der Waals surface area contributed by atoms with Gasteiger partial charge in [0.2, 0.25) is 11.8 Å². The van der Waals surface area contributed by atoms with E-state index < -0.39 is 28.7 Å². The lowest BCUT2D eigenvalue weighted by Crippen LogP contribution is -2.59. The predicted octanol–water partition coefficient (Wildman–Crippen LogP) is 2.53. The third-order valence-corrected chi connectivity index (χ3v) is 10.2. The van der Waals surface area contributed by atoms with Gasteiger partial charge in [0, 0.05) is 17.8 Å². The summed E-state index contributed by atoms with van der Waals surface area (Å²) in [6, 6.07) is -1.04. The molecule has 4 heterocycles. The maximum absolute atomic E-state index is 14.3. The molecule has 5 rings (SSSR count). The van der Waals surface area contributed by atoms with Gasteiger partial charge < -0.3 is 19.6 Å². The normalized spacial score (nSPS) is 37.1. The van der Waals surface area contributed by atoms with Crippen molar-refractivity contribution in [1.29, 1.82) is 0 Å². The van der Waals surface area contributed by atoms with Gasteiger partial charge >= 0.3 is 5.97 Å². The van der Waals surface area contributed by atoms with Crippen molar-refractivity contribution in [2.75, 3.05) is 19.8 Å².